The molecule has 0 fully saturated rings. The summed E-state index contributed by atoms with van der Waals surface area (Å²) in [5.74, 6) is -0.308. The van der Waals surface area contributed by atoms with Crippen molar-refractivity contribution in [3.05, 3.63) is 64.7 Å². The predicted molar refractivity (Wildman–Crippen MR) is 110 cm³/mol. The number of anilines is 1. The number of nitrogens with zero attached hydrogens (tertiary/aromatic N) is 2. The molecule has 0 unspecified atom stereocenters. The minimum Gasteiger partial charge on any atom is -0.267 e. The Balaban J connectivity index is 2.24. The van der Waals surface area contributed by atoms with E-state index >= 15 is 0 Å². The molecule has 0 heterocycles. The number of amides is 1. The van der Waals surface area contributed by atoms with Crippen LogP contribution in [0.5, 0.6) is 0 Å². The molecule has 1 N–H and O–H groups in total. The molecule has 0 aliphatic heterocycles. The van der Waals surface area contributed by atoms with Crippen molar-refractivity contribution in [1.29, 1.82) is 0 Å². The van der Waals surface area contributed by atoms with Crippen LogP contribution in [-0.2, 0) is 16.6 Å². The van der Waals surface area contributed by atoms with E-state index in [0.717, 1.165) is 22.4 Å². The molecule has 27 heavy (non-hydrogen) atoms. The molecule has 0 aliphatic carbocycles. The Labute approximate surface area is 161 Å². The lowest BCUT2D eigenvalue weighted by Crippen LogP contribution is -2.29. The molecule has 2 aromatic rings. The fraction of sp³-hybridized carbons (Fsp3) is 0.300. The molecule has 6 nitrogen and oxygen atoms in total. The largest absolute Gasteiger partial charge is 0.271 e. The van der Waals surface area contributed by atoms with Crippen LogP contribution in [0.15, 0.2) is 47.6 Å². The Bertz CT molecular complexity index is 960. The summed E-state index contributed by atoms with van der Waals surface area (Å²) in [7, 11) is -3.45. The first kappa shape index (κ1) is 20.6. The van der Waals surface area contributed by atoms with E-state index in [0.29, 0.717) is 11.3 Å². The maximum absolute atomic E-state index is 12.3. The number of hydrogen-bond acceptors (Lipinski definition) is 4. The second-order valence-corrected chi connectivity index (χ2v) is 8.64. The third-order valence-corrected chi connectivity index (χ3v) is 5.24. The van der Waals surface area contributed by atoms with Gasteiger partial charge in [-0.05, 0) is 68.7 Å². The number of hydrazone groups is 1. The van der Waals surface area contributed by atoms with Crippen molar-refractivity contribution in [3.8, 4) is 0 Å². The third kappa shape index (κ3) is 5.65. The van der Waals surface area contributed by atoms with Gasteiger partial charge >= 0.3 is 0 Å². The summed E-state index contributed by atoms with van der Waals surface area (Å²) in [5.41, 5.74) is 7.20. The van der Waals surface area contributed by atoms with Crippen LogP contribution in [0.3, 0.4) is 0 Å². The summed E-state index contributed by atoms with van der Waals surface area (Å²) >= 11 is 0. The zero-order chi connectivity index (χ0) is 20.2. The maximum atomic E-state index is 12.3. The summed E-state index contributed by atoms with van der Waals surface area (Å²) in [6.07, 6.45) is 1.19. The zero-order valence-electron chi connectivity index (χ0n) is 16.3. The first-order valence-corrected chi connectivity index (χ1v) is 10.4. The molecule has 0 aliphatic rings. The summed E-state index contributed by atoms with van der Waals surface area (Å²) in [6.45, 7) is 7.70. The number of aryl methyl sites for hydroxylation is 2. The SMILES string of the molecule is CC(C)=NNC(=O)c1ccc(CN(c2ccc(C)c(C)c2)S(C)(=O)=O)cc1. The predicted octanol–water partition coefficient (Wildman–Crippen LogP) is 3.40. The smallest absolute Gasteiger partial charge is 0.267 e. The number of nitrogens with one attached hydrogen (secondary N) is 1. The molecule has 0 spiro atoms. The van der Waals surface area contributed by atoms with Gasteiger partial charge in [-0.15, -0.1) is 0 Å². The average molecular weight is 388 g/mol. The molecule has 7 heteroatoms. The number of carbonyl (C=O) groups excluding carboxylic acids is 1. The fourth-order valence-corrected chi connectivity index (χ4v) is 3.32. The molecule has 2 aromatic carbocycles. The van der Waals surface area contributed by atoms with E-state index in [1.807, 2.05) is 26.0 Å². The van der Waals surface area contributed by atoms with Crippen molar-refractivity contribution < 1.29 is 13.2 Å². The van der Waals surface area contributed by atoms with Crippen LogP contribution in [-0.4, -0.2) is 26.3 Å². The van der Waals surface area contributed by atoms with Gasteiger partial charge in [0.25, 0.3) is 5.91 Å². The van der Waals surface area contributed by atoms with Gasteiger partial charge in [-0.2, -0.15) is 5.10 Å². The van der Waals surface area contributed by atoms with E-state index in [1.54, 1.807) is 44.2 Å². The van der Waals surface area contributed by atoms with Gasteiger partial charge in [-0.1, -0.05) is 18.2 Å². The molecule has 0 atom stereocenters. The van der Waals surface area contributed by atoms with Crippen LogP contribution < -0.4 is 9.73 Å². The van der Waals surface area contributed by atoms with Crippen LogP contribution in [0.25, 0.3) is 0 Å². The summed E-state index contributed by atoms with van der Waals surface area (Å²) in [6, 6.07) is 12.4. The Kier molecular flexibility index (Phi) is 6.38. The van der Waals surface area contributed by atoms with Crippen LogP contribution in [0, 0.1) is 13.8 Å². The fourth-order valence-electron chi connectivity index (χ4n) is 2.44. The van der Waals surface area contributed by atoms with Crippen molar-refractivity contribution in [2.75, 3.05) is 10.6 Å². The van der Waals surface area contributed by atoms with Crippen LogP contribution in [0.4, 0.5) is 5.69 Å². The number of sulfonamides is 1. The second kappa shape index (κ2) is 8.35. The number of benzene rings is 2. The van der Waals surface area contributed by atoms with Gasteiger partial charge in [0.1, 0.15) is 0 Å². The highest BCUT2D eigenvalue weighted by Gasteiger charge is 2.18. The van der Waals surface area contributed by atoms with Crippen LogP contribution in [0.2, 0.25) is 0 Å². The lowest BCUT2D eigenvalue weighted by atomic mass is 10.1. The molecule has 0 bridgehead atoms. The normalized spacial score (nSPS) is 11.0. The summed E-state index contributed by atoms with van der Waals surface area (Å²) < 4.78 is 26.0. The Morgan fingerprint density at radius 2 is 1.67 bits per heavy atom. The van der Waals surface area contributed by atoms with E-state index in [1.165, 1.54) is 10.6 Å². The van der Waals surface area contributed by atoms with Gasteiger partial charge in [-0.25, -0.2) is 13.8 Å². The number of hydrogen-bond donors (Lipinski definition) is 1. The quantitative estimate of drug-likeness (QED) is 0.609. The Hall–Kier alpha value is -2.67. The summed E-state index contributed by atoms with van der Waals surface area (Å²) in [4.78, 5) is 12.0. The van der Waals surface area contributed by atoms with Crippen molar-refractivity contribution in [1.82, 2.24) is 5.43 Å². The van der Waals surface area contributed by atoms with E-state index < -0.39 is 10.0 Å². The first-order valence-electron chi connectivity index (χ1n) is 8.53. The first-order chi connectivity index (χ1) is 12.6. The Morgan fingerprint density at radius 1 is 1.04 bits per heavy atom. The van der Waals surface area contributed by atoms with Gasteiger partial charge in [0.2, 0.25) is 10.0 Å². The van der Waals surface area contributed by atoms with Crippen molar-refractivity contribution in [2.45, 2.75) is 34.2 Å². The molecule has 144 valence electrons. The maximum Gasteiger partial charge on any atom is 0.271 e. The van der Waals surface area contributed by atoms with E-state index in [9.17, 15) is 13.2 Å². The molecule has 0 saturated heterocycles. The lowest BCUT2D eigenvalue weighted by Gasteiger charge is -2.23. The molecule has 0 radical (unpaired) electrons. The van der Waals surface area contributed by atoms with Crippen molar-refractivity contribution in [3.63, 3.8) is 0 Å². The van der Waals surface area contributed by atoms with Gasteiger partial charge in [0.15, 0.2) is 0 Å². The standard InChI is InChI=1S/C20H25N3O3S/c1-14(2)21-22-20(24)18-9-7-17(8-10-18)13-23(27(5,25)26)19-11-6-15(3)16(4)12-19/h6-12H,13H2,1-5H3,(H,22,24). The monoisotopic (exact) mass is 387 g/mol. The van der Waals surface area contributed by atoms with Gasteiger partial charge in [-0.3, -0.25) is 9.10 Å². The third-order valence-electron chi connectivity index (χ3n) is 4.10. The summed E-state index contributed by atoms with van der Waals surface area (Å²) in [5, 5.41) is 3.89. The van der Waals surface area contributed by atoms with E-state index in [4.69, 9.17) is 0 Å². The molecule has 0 saturated carbocycles. The molecular weight excluding hydrogens is 362 g/mol. The highest BCUT2D eigenvalue weighted by molar-refractivity contribution is 7.92. The molecular formula is C20H25N3O3S. The number of rotatable bonds is 6. The topological polar surface area (TPSA) is 78.8 Å². The Morgan fingerprint density at radius 3 is 2.19 bits per heavy atom. The zero-order valence-corrected chi connectivity index (χ0v) is 17.1. The molecule has 0 aromatic heterocycles. The highest BCUT2D eigenvalue weighted by atomic mass is 32.2. The second-order valence-electron chi connectivity index (χ2n) is 6.74. The van der Waals surface area contributed by atoms with Crippen molar-refractivity contribution >= 4 is 27.3 Å². The minimum absolute atomic E-state index is 0.190. The average Bonchev–Trinajstić information content (AvgIpc) is 2.59. The van der Waals surface area contributed by atoms with Crippen LogP contribution >= 0.6 is 0 Å². The van der Waals surface area contributed by atoms with Gasteiger partial charge < -0.3 is 0 Å². The van der Waals surface area contributed by atoms with Crippen LogP contribution in [0.1, 0.15) is 40.9 Å². The molecule has 1 amide bonds. The van der Waals surface area contributed by atoms with Crippen molar-refractivity contribution in [2.24, 2.45) is 5.10 Å². The minimum atomic E-state index is -3.45. The van der Waals surface area contributed by atoms with E-state index in [-0.39, 0.29) is 12.5 Å². The van der Waals surface area contributed by atoms with Gasteiger partial charge in [0, 0.05) is 11.3 Å². The highest BCUT2D eigenvalue weighted by Crippen LogP contribution is 2.23. The van der Waals surface area contributed by atoms with E-state index in [2.05, 4.69) is 10.5 Å². The van der Waals surface area contributed by atoms with Gasteiger partial charge in [0.05, 0.1) is 18.5 Å². The number of carbonyl (C=O) groups is 1. The lowest BCUT2D eigenvalue weighted by molar-refractivity contribution is 0.0954. The molecule has 2 rings (SSSR count).